The van der Waals surface area contributed by atoms with Crippen LogP contribution in [0.4, 0.5) is 0 Å². The third-order valence-corrected chi connectivity index (χ3v) is 13.1. The van der Waals surface area contributed by atoms with E-state index in [1.54, 1.807) is 0 Å². The highest BCUT2D eigenvalue weighted by molar-refractivity contribution is 6.25. The molecular formula is C56H39N3. The largest absolute Gasteiger partial charge is 0.309 e. The Kier molecular flexibility index (Phi) is 6.44. The molecule has 0 amide bonds. The zero-order valence-electron chi connectivity index (χ0n) is 33.2. The van der Waals surface area contributed by atoms with Crippen LogP contribution in [0.1, 0.15) is 26.3 Å². The summed E-state index contributed by atoms with van der Waals surface area (Å²) in [4.78, 5) is 0. The Balaban J connectivity index is 1.01. The molecular weight excluding hydrogens is 715 g/mol. The van der Waals surface area contributed by atoms with Gasteiger partial charge in [-0.1, -0.05) is 124 Å². The van der Waals surface area contributed by atoms with E-state index in [1.807, 2.05) is 0 Å². The van der Waals surface area contributed by atoms with Gasteiger partial charge in [0, 0.05) is 49.4 Å². The van der Waals surface area contributed by atoms with Crippen molar-refractivity contribution >= 4 is 87.0 Å². The molecule has 278 valence electrons. The van der Waals surface area contributed by atoms with Crippen LogP contribution >= 0.6 is 0 Å². The minimum absolute atomic E-state index is 0.0805. The summed E-state index contributed by atoms with van der Waals surface area (Å²) in [7, 11) is 0. The average Bonchev–Trinajstić information content (AvgIpc) is 3.91. The van der Waals surface area contributed by atoms with E-state index < -0.39 is 0 Å². The van der Waals surface area contributed by atoms with Crippen LogP contribution in [0.3, 0.4) is 0 Å². The second kappa shape index (κ2) is 11.6. The molecule has 0 aliphatic heterocycles. The smallest absolute Gasteiger partial charge is 0.0547 e. The summed E-state index contributed by atoms with van der Waals surface area (Å²) in [6, 6.07) is 68.1. The molecule has 0 saturated heterocycles. The minimum Gasteiger partial charge on any atom is -0.309 e. The number of aromatic nitrogens is 3. The lowest BCUT2D eigenvalue weighted by Gasteiger charge is -2.19. The van der Waals surface area contributed by atoms with E-state index in [2.05, 4.69) is 216 Å². The summed E-state index contributed by atoms with van der Waals surface area (Å²) in [5.41, 5.74) is 14.7. The van der Waals surface area contributed by atoms with Gasteiger partial charge in [-0.25, -0.2) is 0 Å². The SMILES string of the molecule is CC(C)(C)c1ccc(-n2c3ccc(-c4ccc(-n5c6cccc7ccc8cccc5c8c76)cc4)cc3c3cc(-n4c5cccc6ccc7cccc4c7c65)ccc32)cc1. The lowest BCUT2D eigenvalue weighted by molar-refractivity contribution is 0.590. The van der Waals surface area contributed by atoms with Gasteiger partial charge in [-0.05, 0) is 123 Å². The van der Waals surface area contributed by atoms with Gasteiger partial charge < -0.3 is 13.7 Å². The van der Waals surface area contributed by atoms with E-state index in [-0.39, 0.29) is 5.41 Å². The number of benzene rings is 10. The second-order valence-electron chi connectivity index (χ2n) is 17.4. The molecule has 0 unspecified atom stereocenters. The molecule has 3 heteroatoms. The van der Waals surface area contributed by atoms with Crippen molar-refractivity contribution in [1.29, 1.82) is 0 Å². The second-order valence-corrected chi connectivity index (χ2v) is 17.4. The number of nitrogens with zero attached hydrogens (tertiary/aromatic N) is 3. The van der Waals surface area contributed by atoms with Crippen LogP contribution in [0.2, 0.25) is 0 Å². The lowest BCUT2D eigenvalue weighted by atomic mass is 9.87. The summed E-state index contributed by atoms with van der Waals surface area (Å²) in [6.45, 7) is 6.83. The fraction of sp³-hybridized carbons (Fsp3) is 0.0714. The van der Waals surface area contributed by atoms with Gasteiger partial charge in [0.1, 0.15) is 0 Å². The van der Waals surface area contributed by atoms with Crippen LogP contribution in [0, 0.1) is 0 Å². The van der Waals surface area contributed by atoms with Crippen molar-refractivity contribution < 1.29 is 0 Å². The Hall–Kier alpha value is -7.36. The molecule has 0 N–H and O–H groups in total. The van der Waals surface area contributed by atoms with Gasteiger partial charge in [-0.3, -0.25) is 0 Å². The Morgan fingerprint density at radius 3 is 1.15 bits per heavy atom. The maximum Gasteiger partial charge on any atom is 0.0547 e. The van der Waals surface area contributed by atoms with Crippen LogP contribution in [0.15, 0.2) is 182 Å². The monoisotopic (exact) mass is 753 g/mol. The molecule has 0 bridgehead atoms. The Labute approximate surface area is 341 Å². The molecule has 3 aromatic heterocycles. The molecule has 13 rings (SSSR count). The first kappa shape index (κ1) is 32.7. The molecule has 13 aromatic rings. The Morgan fingerprint density at radius 2 is 0.678 bits per heavy atom. The topological polar surface area (TPSA) is 14.8 Å². The van der Waals surface area contributed by atoms with Gasteiger partial charge in [-0.2, -0.15) is 0 Å². The molecule has 0 aliphatic carbocycles. The van der Waals surface area contributed by atoms with Crippen molar-refractivity contribution in [3.05, 3.63) is 188 Å². The van der Waals surface area contributed by atoms with E-state index >= 15 is 0 Å². The van der Waals surface area contributed by atoms with Gasteiger partial charge in [0.25, 0.3) is 0 Å². The number of rotatable bonds is 4. The first-order valence-corrected chi connectivity index (χ1v) is 20.7. The third-order valence-electron chi connectivity index (χ3n) is 13.1. The van der Waals surface area contributed by atoms with Crippen molar-refractivity contribution in [1.82, 2.24) is 13.7 Å². The number of hydrogen-bond donors (Lipinski definition) is 0. The zero-order valence-corrected chi connectivity index (χ0v) is 33.2. The molecule has 0 aliphatic rings. The van der Waals surface area contributed by atoms with E-state index in [1.165, 1.54) is 121 Å². The normalized spacial score (nSPS) is 12.7. The molecule has 3 heterocycles. The molecule has 0 fully saturated rings. The molecule has 59 heavy (non-hydrogen) atoms. The molecule has 0 radical (unpaired) electrons. The van der Waals surface area contributed by atoms with Crippen LogP contribution in [-0.2, 0) is 5.41 Å². The van der Waals surface area contributed by atoms with E-state index in [9.17, 15) is 0 Å². The van der Waals surface area contributed by atoms with Gasteiger partial charge in [-0.15, -0.1) is 0 Å². The first-order valence-electron chi connectivity index (χ1n) is 20.7. The number of hydrogen-bond acceptors (Lipinski definition) is 0. The van der Waals surface area contributed by atoms with Crippen molar-refractivity contribution in [2.75, 3.05) is 0 Å². The average molecular weight is 754 g/mol. The zero-order chi connectivity index (χ0) is 39.1. The summed E-state index contributed by atoms with van der Waals surface area (Å²) >= 11 is 0. The lowest BCUT2D eigenvalue weighted by Crippen LogP contribution is -2.10. The number of fused-ring (bicyclic) bond motifs is 3. The summed E-state index contributed by atoms with van der Waals surface area (Å²) in [5.74, 6) is 0. The van der Waals surface area contributed by atoms with Gasteiger partial charge in [0.05, 0.1) is 33.1 Å². The van der Waals surface area contributed by atoms with Crippen molar-refractivity contribution in [2.45, 2.75) is 26.2 Å². The predicted molar refractivity (Wildman–Crippen MR) is 251 cm³/mol. The Morgan fingerprint density at radius 1 is 0.305 bits per heavy atom. The predicted octanol–water partition coefficient (Wildman–Crippen LogP) is 15.1. The highest BCUT2D eigenvalue weighted by Crippen LogP contribution is 2.43. The van der Waals surface area contributed by atoms with E-state index in [4.69, 9.17) is 0 Å². The third kappa shape index (κ3) is 4.53. The first-order chi connectivity index (χ1) is 28.9. The maximum absolute atomic E-state index is 2.46. The fourth-order valence-corrected chi connectivity index (χ4v) is 10.3. The highest BCUT2D eigenvalue weighted by atomic mass is 15.0. The van der Waals surface area contributed by atoms with Crippen molar-refractivity contribution in [3.8, 4) is 28.2 Å². The van der Waals surface area contributed by atoms with Crippen molar-refractivity contribution in [2.24, 2.45) is 0 Å². The molecule has 0 atom stereocenters. The van der Waals surface area contributed by atoms with Gasteiger partial charge in [0.2, 0.25) is 0 Å². The molecule has 0 saturated carbocycles. The molecule has 0 spiro atoms. The van der Waals surface area contributed by atoms with Crippen LogP contribution < -0.4 is 0 Å². The van der Waals surface area contributed by atoms with E-state index in [0.717, 1.165) is 0 Å². The van der Waals surface area contributed by atoms with Crippen molar-refractivity contribution in [3.63, 3.8) is 0 Å². The summed E-state index contributed by atoms with van der Waals surface area (Å²) in [5, 5.41) is 12.9. The molecule has 10 aromatic carbocycles. The van der Waals surface area contributed by atoms with Gasteiger partial charge in [0.15, 0.2) is 0 Å². The molecule has 3 nitrogen and oxygen atoms in total. The summed E-state index contributed by atoms with van der Waals surface area (Å²) < 4.78 is 7.33. The highest BCUT2D eigenvalue weighted by Gasteiger charge is 2.21. The van der Waals surface area contributed by atoms with Crippen LogP contribution in [-0.4, -0.2) is 13.7 Å². The summed E-state index contributed by atoms with van der Waals surface area (Å²) in [6.07, 6.45) is 0. The van der Waals surface area contributed by atoms with Crippen LogP contribution in [0.25, 0.3) is 115 Å². The fourth-order valence-electron chi connectivity index (χ4n) is 10.3. The standard InChI is InChI=1S/C56H39N3/c1-56(2,3)40-23-27-42(28-24-40)57-46-30-22-39(34-20-25-41(26-21-34)58-48-12-4-8-35-16-17-36-9-5-13-49(58)53(36)52(35)48)32-44(46)45-33-43(29-31-47(45)57)59-50-14-6-10-37-18-19-38-11-7-15-51(59)55(38)54(37)50/h4-33H,1-3H3. The van der Waals surface area contributed by atoms with Gasteiger partial charge >= 0.3 is 0 Å². The van der Waals surface area contributed by atoms with Crippen LogP contribution in [0.5, 0.6) is 0 Å². The van der Waals surface area contributed by atoms with E-state index in [0.29, 0.717) is 0 Å². The maximum atomic E-state index is 2.46. The quantitative estimate of drug-likeness (QED) is 0.159. The Bertz CT molecular complexity index is 3650. The minimum atomic E-state index is 0.0805.